The van der Waals surface area contributed by atoms with Crippen molar-refractivity contribution in [1.82, 2.24) is 5.32 Å². The highest BCUT2D eigenvalue weighted by atomic mass is 32.2. The van der Waals surface area contributed by atoms with E-state index >= 15 is 0 Å². The van der Waals surface area contributed by atoms with Crippen LogP contribution in [0, 0.1) is 5.82 Å². The summed E-state index contributed by atoms with van der Waals surface area (Å²) in [5.74, 6) is 2.97. The quantitative estimate of drug-likeness (QED) is 0.905. The van der Waals surface area contributed by atoms with Gasteiger partial charge in [0, 0.05) is 17.6 Å². The van der Waals surface area contributed by atoms with Crippen molar-refractivity contribution in [3.8, 4) is 5.75 Å². The summed E-state index contributed by atoms with van der Waals surface area (Å²) in [5, 5.41) is 3.58. The predicted octanol–water partition coefficient (Wildman–Crippen LogP) is 3.38. The van der Waals surface area contributed by atoms with Gasteiger partial charge in [-0.15, -0.1) is 0 Å². The third-order valence-corrected chi connectivity index (χ3v) is 4.41. The fourth-order valence-electron chi connectivity index (χ4n) is 2.35. The maximum Gasteiger partial charge on any atom is 0.123 e. The van der Waals surface area contributed by atoms with E-state index in [0.717, 1.165) is 11.3 Å². The Kier molecular flexibility index (Phi) is 4.89. The van der Waals surface area contributed by atoms with E-state index in [-0.39, 0.29) is 11.9 Å². The fraction of sp³-hybridized carbons (Fsp3) is 0.571. The monoisotopic (exact) mass is 269 g/mol. The standard InChI is InChI=1S/C14H20FNOS/c1-10(16-12-5-7-18-8-6-12)13-9-11(15)3-4-14(13)17-2/h3-4,9-10,12,16H,5-8H2,1-2H3. The molecule has 1 aromatic carbocycles. The van der Waals surface area contributed by atoms with Gasteiger partial charge < -0.3 is 10.1 Å². The molecule has 1 aromatic rings. The smallest absolute Gasteiger partial charge is 0.123 e. The Morgan fingerprint density at radius 1 is 1.39 bits per heavy atom. The molecule has 0 saturated carbocycles. The van der Waals surface area contributed by atoms with Crippen molar-refractivity contribution in [1.29, 1.82) is 0 Å². The first-order valence-corrected chi connectivity index (χ1v) is 7.53. The van der Waals surface area contributed by atoms with Crippen molar-refractivity contribution in [3.05, 3.63) is 29.6 Å². The Morgan fingerprint density at radius 2 is 2.11 bits per heavy atom. The van der Waals surface area contributed by atoms with Gasteiger partial charge >= 0.3 is 0 Å². The summed E-state index contributed by atoms with van der Waals surface area (Å²) in [4.78, 5) is 0. The highest BCUT2D eigenvalue weighted by molar-refractivity contribution is 7.99. The Labute approximate surface area is 112 Å². The first kappa shape index (κ1) is 13.7. The van der Waals surface area contributed by atoms with E-state index in [1.54, 1.807) is 19.2 Å². The van der Waals surface area contributed by atoms with Gasteiger partial charge in [0.15, 0.2) is 0 Å². The number of benzene rings is 1. The second kappa shape index (κ2) is 6.43. The molecule has 2 rings (SSSR count). The van der Waals surface area contributed by atoms with Gasteiger partial charge in [0.05, 0.1) is 7.11 Å². The molecule has 100 valence electrons. The van der Waals surface area contributed by atoms with Gasteiger partial charge in [-0.1, -0.05) is 0 Å². The van der Waals surface area contributed by atoms with Crippen LogP contribution in [0.1, 0.15) is 31.4 Å². The summed E-state index contributed by atoms with van der Waals surface area (Å²) in [6.45, 7) is 2.07. The highest BCUT2D eigenvalue weighted by Gasteiger charge is 2.19. The molecule has 0 amide bonds. The van der Waals surface area contributed by atoms with Crippen LogP contribution in [0.25, 0.3) is 0 Å². The van der Waals surface area contributed by atoms with Crippen molar-refractivity contribution in [2.45, 2.75) is 31.8 Å². The summed E-state index contributed by atoms with van der Waals surface area (Å²) < 4.78 is 18.6. The molecule has 1 aliphatic rings. The van der Waals surface area contributed by atoms with Crippen molar-refractivity contribution in [3.63, 3.8) is 0 Å². The number of thioether (sulfide) groups is 1. The van der Waals surface area contributed by atoms with Crippen LogP contribution in [0.4, 0.5) is 4.39 Å². The number of hydrogen-bond acceptors (Lipinski definition) is 3. The summed E-state index contributed by atoms with van der Waals surface area (Å²) >= 11 is 2.01. The van der Waals surface area contributed by atoms with Gasteiger partial charge in [-0.3, -0.25) is 0 Å². The van der Waals surface area contributed by atoms with Crippen LogP contribution in [0.3, 0.4) is 0 Å². The van der Waals surface area contributed by atoms with Crippen molar-refractivity contribution >= 4 is 11.8 Å². The van der Waals surface area contributed by atoms with Crippen LogP contribution in [0.2, 0.25) is 0 Å². The Balaban J connectivity index is 2.07. The molecule has 1 fully saturated rings. The Bertz CT molecular complexity index is 393. The van der Waals surface area contributed by atoms with E-state index in [4.69, 9.17) is 4.74 Å². The average molecular weight is 269 g/mol. The van der Waals surface area contributed by atoms with Crippen LogP contribution in [-0.4, -0.2) is 24.7 Å². The molecular formula is C14H20FNOS. The maximum atomic E-state index is 13.3. The zero-order chi connectivity index (χ0) is 13.0. The molecule has 2 nitrogen and oxygen atoms in total. The van der Waals surface area contributed by atoms with Crippen molar-refractivity contribution < 1.29 is 9.13 Å². The summed E-state index contributed by atoms with van der Waals surface area (Å²) in [5.41, 5.74) is 0.899. The molecule has 0 radical (unpaired) electrons. The number of halogens is 1. The molecule has 0 spiro atoms. The predicted molar refractivity (Wildman–Crippen MR) is 74.8 cm³/mol. The molecule has 1 saturated heterocycles. The first-order valence-electron chi connectivity index (χ1n) is 6.38. The topological polar surface area (TPSA) is 21.3 Å². The van der Waals surface area contributed by atoms with Gasteiger partial charge in [0.1, 0.15) is 11.6 Å². The number of hydrogen-bond donors (Lipinski definition) is 1. The zero-order valence-electron chi connectivity index (χ0n) is 10.9. The van der Waals surface area contributed by atoms with E-state index in [0.29, 0.717) is 6.04 Å². The molecular weight excluding hydrogens is 249 g/mol. The van der Waals surface area contributed by atoms with E-state index in [1.165, 1.54) is 30.4 Å². The molecule has 0 aliphatic carbocycles. The number of ether oxygens (including phenoxy) is 1. The van der Waals surface area contributed by atoms with Crippen molar-refractivity contribution in [2.75, 3.05) is 18.6 Å². The van der Waals surface area contributed by atoms with Gasteiger partial charge in [0.25, 0.3) is 0 Å². The Morgan fingerprint density at radius 3 is 2.78 bits per heavy atom. The molecule has 1 aliphatic heterocycles. The molecule has 0 bridgehead atoms. The van der Waals surface area contributed by atoms with Gasteiger partial charge in [-0.25, -0.2) is 4.39 Å². The molecule has 0 aromatic heterocycles. The minimum absolute atomic E-state index is 0.115. The van der Waals surface area contributed by atoms with Crippen LogP contribution in [0.15, 0.2) is 18.2 Å². The molecule has 1 unspecified atom stereocenters. The minimum Gasteiger partial charge on any atom is -0.496 e. The van der Waals surface area contributed by atoms with Gasteiger partial charge in [-0.05, 0) is 49.5 Å². The fourth-order valence-corrected chi connectivity index (χ4v) is 3.46. The number of nitrogens with one attached hydrogen (secondary N) is 1. The normalized spacial score (nSPS) is 18.6. The highest BCUT2D eigenvalue weighted by Crippen LogP contribution is 2.27. The molecule has 1 atom stereocenters. The summed E-state index contributed by atoms with van der Waals surface area (Å²) in [6.07, 6.45) is 2.37. The summed E-state index contributed by atoms with van der Waals surface area (Å²) in [7, 11) is 1.63. The van der Waals surface area contributed by atoms with E-state index < -0.39 is 0 Å². The third-order valence-electron chi connectivity index (χ3n) is 3.37. The zero-order valence-corrected chi connectivity index (χ0v) is 11.7. The van der Waals surface area contributed by atoms with Crippen LogP contribution >= 0.6 is 11.8 Å². The number of methoxy groups -OCH3 is 1. The number of rotatable bonds is 4. The lowest BCUT2D eigenvalue weighted by Crippen LogP contribution is -2.34. The molecule has 1 heterocycles. The van der Waals surface area contributed by atoms with E-state index in [9.17, 15) is 4.39 Å². The molecule has 4 heteroatoms. The van der Waals surface area contributed by atoms with Crippen molar-refractivity contribution in [2.24, 2.45) is 0 Å². The van der Waals surface area contributed by atoms with E-state index in [1.807, 2.05) is 11.8 Å². The van der Waals surface area contributed by atoms with E-state index in [2.05, 4.69) is 12.2 Å². The maximum absolute atomic E-state index is 13.3. The second-order valence-electron chi connectivity index (χ2n) is 4.66. The third kappa shape index (κ3) is 3.39. The van der Waals surface area contributed by atoms with Crippen LogP contribution in [-0.2, 0) is 0 Å². The van der Waals surface area contributed by atoms with Crippen LogP contribution < -0.4 is 10.1 Å². The van der Waals surface area contributed by atoms with Crippen LogP contribution in [0.5, 0.6) is 5.75 Å². The SMILES string of the molecule is COc1ccc(F)cc1C(C)NC1CCSCC1. The van der Waals surface area contributed by atoms with Gasteiger partial charge in [-0.2, -0.15) is 11.8 Å². The molecule has 1 N–H and O–H groups in total. The first-order chi connectivity index (χ1) is 8.70. The molecule has 18 heavy (non-hydrogen) atoms. The van der Waals surface area contributed by atoms with Gasteiger partial charge in [0.2, 0.25) is 0 Å². The lowest BCUT2D eigenvalue weighted by molar-refractivity contribution is 0.385. The minimum atomic E-state index is -0.210. The lowest BCUT2D eigenvalue weighted by Gasteiger charge is -2.27. The second-order valence-corrected chi connectivity index (χ2v) is 5.89. The summed E-state index contributed by atoms with van der Waals surface area (Å²) in [6, 6.07) is 5.35. The average Bonchev–Trinajstić information content (AvgIpc) is 2.40. The lowest BCUT2D eigenvalue weighted by atomic mass is 10.0. The largest absolute Gasteiger partial charge is 0.496 e. The Hall–Kier alpha value is -0.740.